The third-order valence-corrected chi connectivity index (χ3v) is 13.7. The minimum Gasteiger partial charge on any atom is -0.348 e. The van der Waals surface area contributed by atoms with E-state index in [1.165, 1.54) is 0 Å². The summed E-state index contributed by atoms with van der Waals surface area (Å²) in [4.78, 5) is 14.6. The molecule has 59 heavy (non-hydrogen) atoms. The van der Waals surface area contributed by atoms with Gasteiger partial charge in [0.05, 0.1) is 30.5 Å². The van der Waals surface area contributed by atoms with Gasteiger partial charge >= 0.3 is 19.7 Å². The maximum Gasteiger partial charge on any atom is 0.471 e. The number of hydrogen-bond donors (Lipinski definition) is 2. The summed E-state index contributed by atoms with van der Waals surface area (Å²) in [5.41, 5.74) is 2.27. The van der Waals surface area contributed by atoms with E-state index in [0.717, 1.165) is 48.3 Å². The lowest BCUT2D eigenvalue weighted by molar-refractivity contribution is -0.438. The minimum atomic E-state index is -4.97. The molecule has 1 aromatic rings. The van der Waals surface area contributed by atoms with E-state index in [-0.39, 0.29) is 51.2 Å². The Balaban J connectivity index is 2.21. The maximum atomic E-state index is 14.6. The Labute approximate surface area is 353 Å². The number of nitrogens with one attached hydrogen (secondary N) is 1. The lowest BCUT2D eigenvalue weighted by Crippen LogP contribution is -2.37. The zero-order valence-corrected chi connectivity index (χ0v) is 37.7. The highest BCUT2D eigenvalue weighted by molar-refractivity contribution is 7.94. The van der Waals surface area contributed by atoms with E-state index < -0.39 is 33.6 Å². The molecule has 19 heteroatoms. The van der Waals surface area contributed by atoms with Crippen LogP contribution >= 0.6 is 28.2 Å². The van der Waals surface area contributed by atoms with Gasteiger partial charge in [-0.3, -0.25) is 9.36 Å². The number of allylic oxidation sites excluding steroid dienone is 5. The van der Waals surface area contributed by atoms with Crippen LogP contribution in [0, 0.1) is 6.57 Å². The second-order valence-corrected chi connectivity index (χ2v) is 18.8. The molecule has 1 aromatic carbocycles. The first-order valence-electron chi connectivity index (χ1n) is 19.8. The van der Waals surface area contributed by atoms with Crippen molar-refractivity contribution < 1.29 is 59.8 Å². The van der Waals surface area contributed by atoms with Gasteiger partial charge in [0.1, 0.15) is 13.2 Å². The van der Waals surface area contributed by atoms with Crippen LogP contribution in [0.4, 0.5) is 18.9 Å². The first kappa shape index (κ1) is 52.7. The van der Waals surface area contributed by atoms with Crippen LogP contribution in [0.5, 0.6) is 0 Å². The van der Waals surface area contributed by atoms with Crippen molar-refractivity contribution in [2.45, 2.75) is 110 Å². The number of halogens is 3. The number of nitrogens with zero attached hydrogens (tertiary/aromatic N) is 3. The Kier molecular flexibility index (Phi) is 24.5. The van der Waals surface area contributed by atoms with Crippen LogP contribution in [-0.2, 0) is 42.2 Å². The molecule has 0 saturated carbocycles. The smallest absolute Gasteiger partial charge is 0.348 e. The second kappa shape index (κ2) is 27.5. The van der Waals surface area contributed by atoms with Crippen molar-refractivity contribution in [2.75, 3.05) is 51.8 Å². The topological polar surface area (TPSA) is 132 Å². The highest BCUT2D eigenvalue weighted by Crippen LogP contribution is 2.50. The Hall–Kier alpha value is -2.45. The van der Waals surface area contributed by atoms with Crippen molar-refractivity contribution in [3.63, 3.8) is 0 Å². The van der Waals surface area contributed by atoms with Crippen LogP contribution in [0.15, 0.2) is 55.2 Å². The van der Waals surface area contributed by atoms with Crippen molar-refractivity contribution in [2.24, 2.45) is 0 Å². The summed E-state index contributed by atoms with van der Waals surface area (Å²) in [5.74, 6) is -1.47. The van der Waals surface area contributed by atoms with Crippen LogP contribution < -0.4 is 10.6 Å². The Morgan fingerprint density at radius 2 is 1.66 bits per heavy atom. The van der Waals surface area contributed by atoms with Gasteiger partial charge in [-0.2, -0.15) is 17.7 Å². The lowest BCUT2D eigenvalue weighted by atomic mass is 9.81. The fourth-order valence-corrected chi connectivity index (χ4v) is 9.93. The van der Waals surface area contributed by atoms with Gasteiger partial charge < -0.3 is 28.3 Å². The second-order valence-electron chi connectivity index (χ2n) is 14.6. The minimum absolute atomic E-state index is 0.0686. The van der Waals surface area contributed by atoms with E-state index >= 15 is 0 Å². The van der Waals surface area contributed by atoms with Crippen molar-refractivity contribution in [3.8, 4) is 0 Å². The maximum absolute atomic E-state index is 14.6. The van der Waals surface area contributed by atoms with E-state index in [0.29, 0.717) is 43.7 Å². The number of fused-ring (bicyclic) bond motifs is 1. The summed E-state index contributed by atoms with van der Waals surface area (Å²) in [6.07, 6.45) is 8.37. The molecule has 2 N–H and O–H groups in total. The van der Waals surface area contributed by atoms with Gasteiger partial charge in [-0.05, 0) is 79.4 Å². The number of rotatable bonds is 31. The van der Waals surface area contributed by atoms with Crippen LogP contribution in [0.1, 0.15) is 92.1 Å². The van der Waals surface area contributed by atoms with Crippen LogP contribution in [0.2, 0.25) is 0 Å². The average Bonchev–Trinajstić information content (AvgIpc) is 3.38. The number of alkyl halides is 3. The molecule has 0 saturated heterocycles. The Bertz CT molecular complexity index is 1630. The summed E-state index contributed by atoms with van der Waals surface area (Å²) >= 11 is 0.976. The summed E-state index contributed by atoms with van der Waals surface area (Å²) in [5, 5.41) is 14.4. The quantitative estimate of drug-likeness (QED) is 0.0108. The fourth-order valence-electron chi connectivity index (χ4n) is 6.30. The van der Waals surface area contributed by atoms with Crippen LogP contribution in [0.25, 0.3) is 4.85 Å². The third kappa shape index (κ3) is 17.8. The third-order valence-electron chi connectivity index (χ3n) is 9.02. The molecule has 0 radical (unpaired) electrons. The van der Waals surface area contributed by atoms with E-state index in [2.05, 4.69) is 71.6 Å². The summed E-state index contributed by atoms with van der Waals surface area (Å²) in [7, 11) is -5.25. The van der Waals surface area contributed by atoms with E-state index in [4.69, 9.17) is 29.9 Å². The highest BCUT2D eigenvalue weighted by Gasteiger charge is 2.45. The first-order valence-corrected chi connectivity index (χ1v) is 23.4. The monoisotopic (exact) mass is 893 g/mol. The van der Waals surface area contributed by atoms with E-state index in [9.17, 15) is 22.5 Å². The standard InChI is InChI=1S/C40H61F3N4O9P2S/c1-9-10-11-14-20-37-39(6,7)35-31-34(21-22-36(35)46(37)25-19-30-59-56-55-49)58(50,54-28-18-15-23-45-38(48)40(41,42)43)53-27-17-13-12-16-26-51-57(52-29-24-44-8)47(32(2)3)33(4)5/h9-11,14,20-22,31-33H,1,12-13,15-19,23-30H2,2-7H3,(H-,45,48,49)/p+1. The molecule has 0 aliphatic carbocycles. The molecular weight excluding hydrogens is 831 g/mol. The summed E-state index contributed by atoms with van der Waals surface area (Å²) in [6.45, 7) is 24.8. The molecule has 2 rings (SSSR count). The molecule has 0 aromatic heterocycles. The molecule has 0 fully saturated rings. The normalized spacial score (nSPS) is 15.7. The van der Waals surface area contributed by atoms with Crippen molar-refractivity contribution >= 4 is 50.8 Å². The molecule has 1 aliphatic heterocycles. The molecule has 0 bridgehead atoms. The number of hydrogen-bond acceptors (Lipinski definition) is 11. The fraction of sp³-hybridized carbons (Fsp3) is 0.625. The largest absolute Gasteiger partial charge is 0.471 e. The van der Waals surface area contributed by atoms with Crippen LogP contribution in [0.3, 0.4) is 0 Å². The van der Waals surface area contributed by atoms with Crippen molar-refractivity contribution in [3.05, 3.63) is 72.1 Å². The van der Waals surface area contributed by atoms with Gasteiger partial charge in [0.15, 0.2) is 5.71 Å². The molecule has 0 spiro atoms. The molecular formula is C40H62F3N4O9P2S+. The molecule has 1 amide bonds. The first-order chi connectivity index (χ1) is 28.0. The van der Waals surface area contributed by atoms with Gasteiger partial charge in [-0.1, -0.05) is 48.8 Å². The molecule has 2 atom stereocenters. The Morgan fingerprint density at radius 1 is 1.02 bits per heavy atom. The van der Waals surface area contributed by atoms with Gasteiger partial charge in [0.2, 0.25) is 12.2 Å². The van der Waals surface area contributed by atoms with Gasteiger partial charge in [-0.15, -0.1) is 4.33 Å². The Morgan fingerprint density at radius 3 is 2.27 bits per heavy atom. The summed E-state index contributed by atoms with van der Waals surface area (Å²) in [6, 6.07) is 5.86. The number of benzene rings is 1. The molecule has 332 valence electrons. The van der Waals surface area contributed by atoms with Gasteiger partial charge in [0, 0.05) is 60.6 Å². The molecule has 2 unspecified atom stereocenters. The predicted molar refractivity (Wildman–Crippen MR) is 228 cm³/mol. The molecule has 1 heterocycles. The number of carbonyl (C=O) groups excluding carboxylic acids is 1. The van der Waals surface area contributed by atoms with Crippen LogP contribution in [-0.4, -0.2) is 96.2 Å². The SMILES string of the molecule is [C-]#[N+]CCOP(OCCCCCCOP(=O)(OCCCCNC(=O)C(F)(F)F)c1ccc2c(c1)C(C)(C)C(C=CC=CC=C)=[N+]2CCCSOOO)N(C(C)C)C(C)C. The van der Waals surface area contributed by atoms with Crippen molar-refractivity contribution in [1.29, 1.82) is 0 Å². The van der Waals surface area contributed by atoms with Gasteiger partial charge in [-0.25, -0.2) is 16.5 Å². The average molecular weight is 894 g/mol. The molecule has 13 nitrogen and oxygen atoms in total. The highest BCUT2D eigenvalue weighted by atomic mass is 32.2. The molecule has 1 aliphatic rings. The number of carbonyl (C=O) groups is 1. The van der Waals surface area contributed by atoms with E-state index in [1.54, 1.807) is 12.1 Å². The number of amides is 1. The zero-order chi connectivity index (χ0) is 43.9. The zero-order valence-electron chi connectivity index (χ0n) is 35.1. The van der Waals surface area contributed by atoms with Gasteiger partial charge in [0.25, 0.3) is 8.53 Å². The predicted octanol–water partition coefficient (Wildman–Crippen LogP) is 9.99. The lowest BCUT2D eigenvalue weighted by Gasteiger charge is -2.35. The van der Waals surface area contributed by atoms with Crippen molar-refractivity contribution in [1.82, 2.24) is 9.99 Å². The summed E-state index contributed by atoms with van der Waals surface area (Å²) < 4.78 is 85.7. The van der Waals surface area contributed by atoms with E-state index in [1.807, 2.05) is 41.8 Å². The number of unbranched alkanes of at least 4 members (excludes halogenated alkanes) is 4.